The van der Waals surface area contributed by atoms with Crippen molar-refractivity contribution in [3.05, 3.63) is 58.5 Å². The van der Waals surface area contributed by atoms with Gasteiger partial charge >= 0.3 is 0 Å². The predicted octanol–water partition coefficient (Wildman–Crippen LogP) is 2.67. The monoisotopic (exact) mass is 461 g/mol. The molecule has 1 aromatic carbocycles. The first-order valence-electron chi connectivity index (χ1n) is 9.53. The molecule has 0 unspecified atom stereocenters. The number of hydrogen-bond acceptors (Lipinski definition) is 4. The smallest absolute Gasteiger partial charge is 0.253 e. The summed E-state index contributed by atoms with van der Waals surface area (Å²) in [5, 5.41) is 2.74. The van der Waals surface area contributed by atoms with Crippen molar-refractivity contribution in [1.82, 2.24) is 15.1 Å². The van der Waals surface area contributed by atoms with Crippen LogP contribution in [0.5, 0.6) is 0 Å². The summed E-state index contributed by atoms with van der Waals surface area (Å²) in [5.41, 5.74) is 0.642. The molecule has 154 valence electrons. The molecule has 1 aromatic heterocycles. The SMILES string of the molecule is CN(CC(=O)NCc1ccco1)C(=O)C1CCN(C(=O)c2ccc(Br)cc2)CC1. The number of carbonyl (C=O) groups is 3. The van der Waals surface area contributed by atoms with Crippen molar-refractivity contribution in [3.8, 4) is 0 Å². The first kappa shape index (κ1) is 21.1. The maximum Gasteiger partial charge on any atom is 0.253 e. The van der Waals surface area contributed by atoms with Crippen molar-refractivity contribution in [2.45, 2.75) is 19.4 Å². The third-order valence-electron chi connectivity index (χ3n) is 5.02. The van der Waals surface area contributed by atoms with Crippen LogP contribution in [-0.4, -0.2) is 54.2 Å². The van der Waals surface area contributed by atoms with Gasteiger partial charge in [-0.1, -0.05) is 15.9 Å². The van der Waals surface area contributed by atoms with Crippen LogP contribution < -0.4 is 5.32 Å². The Morgan fingerprint density at radius 3 is 2.48 bits per heavy atom. The number of nitrogens with zero attached hydrogens (tertiary/aromatic N) is 2. The lowest BCUT2D eigenvalue weighted by Crippen LogP contribution is -2.45. The van der Waals surface area contributed by atoms with Crippen LogP contribution in [0.15, 0.2) is 51.6 Å². The van der Waals surface area contributed by atoms with Gasteiger partial charge in [0.05, 0.1) is 19.4 Å². The van der Waals surface area contributed by atoms with Crippen LogP contribution in [0.25, 0.3) is 0 Å². The van der Waals surface area contributed by atoms with Crippen molar-refractivity contribution < 1.29 is 18.8 Å². The van der Waals surface area contributed by atoms with Crippen molar-refractivity contribution >= 4 is 33.7 Å². The molecule has 0 saturated carbocycles. The van der Waals surface area contributed by atoms with Crippen molar-refractivity contribution in [3.63, 3.8) is 0 Å². The van der Waals surface area contributed by atoms with Crippen LogP contribution in [0.2, 0.25) is 0 Å². The van der Waals surface area contributed by atoms with Crippen LogP contribution >= 0.6 is 15.9 Å². The minimum Gasteiger partial charge on any atom is -0.467 e. The van der Waals surface area contributed by atoms with Gasteiger partial charge in [0, 0.05) is 36.1 Å². The third-order valence-corrected chi connectivity index (χ3v) is 5.55. The topological polar surface area (TPSA) is 82.9 Å². The molecule has 2 aromatic rings. The summed E-state index contributed by atoms with van der Waals surface area (Å²) in [6, 6.07) is 10.8. The molecule has 2 heterocycles. The molecule has 1 saturated heterocycles. The minimum absolute atomic E-state index is 0.00240. The second-order valence-corrected chi connectivity index (χ2v) is 8.04. The number of likely N-dealkylation sites (N-methyl/N-ethyl adjacent to an activating group) is 1. The van der Waals surface area contributed by atoms with Gasteiger partial charge in [-0.3, -0.25) is 14.4 Å². The number of piperidine rings is 1. The molecule has 3 amide bonds. The highest BCUT2D eigenvalue weighted by Gasteiger charge is 2.30. The van der Waals surface area contributed by atoms with E-state index in [0.717, 1.165) is 4.47 Å². The van der Waals surface area contributed by atoms with Gasteiger partial charge < -0.3 is 19.5 Å². The lowest BCUT2D eigenvalue weighted by molar-refractivity contribution is -0.139. The van der Waals surface area contributed by atoms with E-state index >= 15 is 0 Å². The molecule has 1 fully saturated rings. The second kappa shape index (κ2) is 9.73. The first-order valence-corrected chi connectivity index (χ1v) is 10.3. The Morgan fingerprint density at radius 2 is 1.86 bits per heavy atom. The summed E-state index contributed by atoms with van der Waals surface area (Å²) in [7, 11) is 1.63. The number of benzene rings is 1. The molecule has 0 bridgehead atoms. The molecule has 1 aliphatic heterocycles. The number of furan rings is 1. The van der Waals surface area contributed by atoms with E-state index in [4.69, 9.17) is 4.42 Å². The van der Waals surface area contributed by atoms with E-state index < -0.39 is 0 Å². The molecule has 29 heavy (non-hydrogen) atoms. The van der Waals surface area contributed by atoms with Gasteiger partial charge in [0.25, 0.3) is 5.91 Å². The van der Waals surface area contributed by atoms with Gasteiger partial charge in [0.1, 0.15) is 5.76 Å². The molecule has 7 nitrogen and oxygen atoms in total. The standard InChI is InChI=1S/C21H24BrN3O4/c1-24(14-19(26)23-13-18-3-2-12-29-18)20(27)16-8-10-25(11-9-16)21(28)15-4-6-17(22)7-5-15/h2-7,12,16H,8-11,13-14H2,1H3,(H,23,26). The minimum atomic E-state index is -0.236. The highest BCUT2D eigenvalue weighted by molar-refractivity contribution is 9.10. The van der Waals surface area contributed by atoms with Gasteiger partial charge in [-0.25, -0.2) is 0 Å². The molecule has 1 N–H and O–H groups in total. The van der Waals surface area contributed by atoms with E-state index in [1.165, 1.54) is 4.90 Å². The lowest BCUT2D eigenvalue weighted by atomic mass is 9.95. The van der Waals surface area contributed by atoms with Gasteiger partial charge in [-0.15, -0.1) is 0 Å². The Balaban J connectivity index is 1.44. The summed E-state index contributed by atoms with van der Waals surface area (Å²) >= 11 is 3.36. The number of nitrogens with one attached hydrogen (secondary N) is 1. The van der Waals surface area contributed by atoms with Crippen molar-refractivity contribution in [2.24, 2.45) is 5.92 Å². The highest BCUT2D eigenvalue weighted by atomic mass is 79.9. The van der Waals surface area contributed by atoms with Crippen LogP contribution in [0, 0.1) is 5.92 Å². The van der Waals surface area contributed by atoms with Gasteiger partial charge in [-0.05, 0) is 49.2 Å². The number of halogens is 1. The predicted molar refractivity (Wildman–Crippen MR) is 111 cm³/mol. The Morgan fingerprint density at radius 1 is 1.17 bits per heavy atom. The van der Waals surface area contributed by atoms with E-state index in [1.54, 1.807) is 42.5 Å². The van der Waals surface area contributed by atoms with E-state index in [1.807, 2.05) is 12.1 Å². The molecular weight excluding hydrogens is 438 g/mol. The number of carbonyl (C=O) groups excluding carboxylic acids is 3. The first-order chi connectivity index (χ1) is 13.9. The van der Waals surface area contributed by atoms with E-state index in [-0.39, 0.29) is 30.2 Å². The average molecular weight is 462 g/mol. The fourth-order valence-corrected chi connectivity index (χ4v) is 3.63. The summed E-state index contributed by atoms with van der Waals surface area (Å²) in [6.45, 7) is 1.36. The molecule has 1 aliphatic rings. The van der Waals surface area contributed by atoms with Gasteiger partial charge in [0.15, 0.2) is 0 Å². The summed E-state index contributed by atoms with van der Waals surface area (Å²) < 4.78 is 6.09. The second-order valence-electron chi connectivity index (χ2n) is 7.12. The molecular formula is C21H24BrN3O4. The number of amides is 3. The largest absolute Gasteiger partial charge is 0.467 e. The summed E-state index contributed by atoms with van der Waals surface area (Å²) in [5.74, 6) is 0.171. The van der Waals surface area contributed by atoms with E-state index in [0.29, 0.717) is 43.8 Å². The van der Waals surface area contributed by atoms with Gasteiger partial charge in [-0.2, -0.15) is 0 Å². The van der Waals surface area contributed by atoms with Crippen LogP contribution in [0.4, 0.5) is 0 Å². The Kier molecular flexibility index (Phi) is 7.09. The summed E-state index contributed by atoms with van der Waals surface area (Å²) in [4.78, 5) is 40.5. The Hall–Kier alpha value is -2.61. The number of likely N-dealkylation sites (tertiary alicyclic amines) is 1. The van der Waals surface area contributed by atoms with Crippen LogP contribution in [-0.2, 0) is 16.1 Å². The molecule has 0 radical (unpaired) electrons. The summed E-state index contributed by atoms with van der Waals surface area (Å²) in [6.07, 6.45) is 2.74. The number of hydrogen-bond donors (Lipinski definition) is 1. The highest BCUT2D eigenvalue weighted by Crippen LogP contribution is 2.21. The zero-order chi connectivity index (χ0) is 20.8. The lowest BCUT2D eigenvalue weighted by Gasteiger charge is -2.33. The molecule has 0 spiro atoms. The third kappa shape index (κ3) is 5.69. The zero-order valence-electron chi connectivity index (χ0n) is 16.3. The Labute approximate surface area is 178 Å². The average Bonchev–Trinajstić information content (AvgIpc) is 3.25. The normalized spacial score (nSPS) is 14.5. The maximum absolute atomic E-state index is 12.7. The number of rotatable bonds is 6. The van der Waals surface area contributed by atoms with Crippen molar-refractivity contribution in [2.75, 3.05) is 26.7 Å². The zero-order valence-corrected chi connectivity index (χ0v) is 17.9. The molecule has 0 atom stereocenters. The van der Waals surface area contributed by atoms with Crippen LogP contribution in [0.3, 0.4) is 0 Å². The van der Waals surface area contributed by atoms with Crippen molar-refractivity contribution in [1.29, 1.82) is 0 Å². The fourth-order valence-electron chi connectivity index (χ4n) is 3.36. The Bertz CT molecular complexity index is 843. The van der Waals surface area contributed by atoms with E-state index in [2.05, 4.69) is 21.2 Å². The maximum atomic E-state index is 12.7. The quantitative estimate of drug-likeness (QED) is 0.716. The molecule has 8 heteroatoms. The fraction of sp³-hybridized carbons (Fsp3) is 0.381. The molecule has 0 aliphatic carbocycles. The van der Waals surface area contributed by atoms with Crippen LogP contribution in [0.1, 0.15) is 29.0 Å². The molecule has 3 rings (SSSR count). The van der Waals surface area contributed by atoms with E-state index in [9.17, 15) is 14.4 Å². The van der Waals surface area contributed by atoms with Gasteiger partial charge in [0.2, 0.25) is 11.8 Å².